The zero-order chi connectivity index (χ0) is 17.6. The van der Waals surface area contributed by atoms with E-state index in [4.69, 9.17) is 9.47 Å². The molecule has 1 atom stereocenters. The van der Waals surface area contributed by atoms with Crippen LogP contribution < -0.4 is 4.74 Å². The van der Waals surface area contributed by atoms with Crippen LogP contribution in [0.2, 0.25) is 0 Å². The number of esters is 1. The summed E-state index contributed by atoms with van der Waals surface area (Å²) in [6.45, 7) is 13.4. The van der Waals surface area contributed by atoms with Gasteiger partial charge in [0, 0.05) is 0 Å². The van der Waals surface area contributed by atoms with Crippen LogP contribution in [0.5, 0.6) is 5.75 Å². The van der Waals surface area contributed by atoms with Crippen LogP contribution in [0.1, 0.15) is 66.7 Å². The largest absolute Gasteiger partial charge is 0.485 e. The van der Waals surface area contributed by atoms with E-state index in [2.05, 4.69) is 0 Å². The summed E-state index contributed by atoms with van der Waals surface area (Å²) in [7, 11) is 0. The molecule has 4 nitrogen and oxygen atoms in total. The lowest BCUT2D eigenvalue weighted by Gasteiger charge is -2.37. The Labute approximate surface area is 138 Å². The number of fused-ring (bicyclic) bond motifs is 1. The SMILES string of the molecule is Cc1c(C)c(C(=O)OC(C)(C)C)c(C)c2c1OC(C)(CO)CC2. The summed E-state index contributed by atoms with van der Waals surface area (Å²) in [5.74, 6) is 0.531. The van der Waals surface area contributed by atoms with Crippen LogP contribution >= 0.6 is 0 Å². The Hall–Kier alpha value is -1.55. The highest BCUT2D eigenvalue weighted by molar-refractivity contribution is 5.94. The van der Waals surface area contributed by atoms with Gasteiger partial charge >= 0.3 is 5.97 Å². The van der Waals surface area contributed by atoms with Gasteiger partial charge < -0.3 is 14.6 Å². The fourth-order valence-corrected chi connectivity index (χ4v) is 3.06. The van der Waals surface area contributed by atoms with Crippen LogP contribution in [0.15, 0.2) is 0 Å². The highest BCUT2D eigenvalue weighted by Gasteiger charge is 2.35. The summed E-state index contributed by atoms with van der Waals surface area (Å²) >= 11 is 0. The molecule has 0 saturated heterocycles. The predicted molar refractivity (Wildman–Crippen MR) is 90.3 cm³/mol. The highest BCUT2D eigenvalue weighted by Crippen LogP contribution is 2.41. The van der Waals surface area contributed by atoms with Crippen molar-refractivity contribution in [3.8, 4) is 5.75 Å². The Balaban J connectivity index is 2.54. The minimum atomic E-state index is -0.552. The normalized spacial score (nSPS) is 20.7. The van der Waals surface area contributed by atoms with Crippen molar-refractivity contribution in [2.45, 2.75) is 72.5 Å². The summed E-state index contributed by atoms with van der Waals surface area (Å²) in [4.78, 5) is 12.6. The molecule has 1 aromatic carbocycles. The zero-order valence-corrected chi connectivity index (χ0v) is 15.3. The molecular formula is C19H28O4. The molecule has 1 aliphatic heterocycles. The standard InChI is InChI=1S/C19H28O4/c1-11-12(2)16-14(8-9-19(7,10-20)22-16)13(3)15(11)17(21)23-18(4,5)6/h20H,8-10H2,1-7H3. The van der Waals surface area contributed by atoms with E-state index in [1.54, 1.807) is 0 Å². The van der Waals surface area contributed by atoms with Crippen LogP contribution in [0.3, 0.4) is 0 Å². The minimum Gasteiger partial charge on any atom is -0.485 e. The number of carbonyl (C=O) groups is 1. The third-order valence-corrected chi connectivity index (χ3v) is 4.57. The Morgan fingerprint density at radius 2 is 1.83 bits per heavy atom. The molecule has 1 heterocycles. The molecule has 0 radical (unpaired) electrons. The molecule has 1 aliphatic rings. The average Bonchev–Trinajstić information content (AvgIpc) is 2.43. The van der Waals surface area contributed by atoms with E-state index in [1.165, 1.54) is 0 Å². The maximum atomic E-state index is 12.6. The van der Waals surface area contributed by atoms with Gasteiger partial charge in [0.2, 0.25) is 0 Å². The smallest absolute Gasteiger partial charge is 0.339 e. The molecule has 0 spiro atoms. The van der Waals surface area contributed by atoms with Gasteiger partial charge in [0.1, 0.15) is 17.0 Å². The number of hydrogen-bond donors (Lipinski definition) is 1. The number of benzene rings is 1. The number of carbonyl (C=O) groups excluding carboxylic acids is 1. The van der Waals surface area contributed by atoms with Gasteiger partial charge in [0.05, 0.1) is 12.2 Å². The van der Waals surface area contributed by atoms with Gasteiger partial charge in [-0.1, -0.05) is 0 Å². The molecule has 0 bridgehead atoms. The first-order chi connectivity index (χ1) is 10.5. The average molecular weight is 320 g/mol. The molecule has 0 saturated carbocycles. The first-order valence-corrected chi connectivity index (χ1v) is 8.15. The molecule has 1 aromatic rings. The number of hydrogen-bond acceptors (Lipinski definition) is 4. The maximum Gasteiger partial charge on any atom is 0.339 e. The lowest BCUT2D eigenvalue weighted by atomic mass is 9.85. The molecule has 0 aromatic heterocycles. The molecule has 23 heavy (non-hydrogen) atoms. The van der Waals surface area contributed by atoms with E-state index < -0.39 is 11.2 Å². The minimum absolute atomic E-state index is 0.0161. The fraction of sp³-hybridized carbons (Fsp3) is 0.632. The molecule has 1 unspecified atom stereocenters. The predicted octanol–water partition coefficient (Wildman–Crippen LogP) is 3.64. The first-order valence-electron chi connectivity index (χ1n) is 8.15. The molecule has 128 valence electrons. The summed E-state index contributed by atoms with van der Waals surface area (Å²) in [5, 5.41) is 9.58. The molecule has 0 fully saturated rings. The lowest BCUT2D eigenvalue weighted by Crippen LogP contribution is -2.40. The molecule has 4 heteroatoms. The van der Waals surface area contributed by atoms with Crippen LogP contribution in [-0.2, 0) is 11.2 Å². The Bertz CT molecular complexity index is 640. The number of aliphatic hydroxyl groups excluding tert-OH is 1. The summed E-state index contributed by atoms with van der Waals surface area (Å²) in [6, 6.07) is 0. The molecule has 2 rings (SSSR count). The Kier molecular flexibility index (Phi) is 4.51. The lowest BCUT2D eigenvalue weighted by molar-refractivity contribution is 0.00520. The van der Waals surface area contributed by atoms with Crippen molar-refractivity contribution in [1.82, 2.24) is 0 Å². The van der Waals surface area contributed by atoms with Gasteiger partial charge in [-0.3, -0.25) is 0 Å². The van der Waals surface area contributed by atoms with E-state index in [0.29, 0.717) is 5.56 Å². The van der Waals surface area contributed by atoms with E-state index in [9.17, 15) is 9.90 Å². The summed E-state index contributed by atoms with van der Waals surface area (Å²) in [6.07, 6.45) is 1.52. The third-order valence-electron chi connectivity index (χ3n) is 4.57. The van der Waals surface area contributed by atoms with Crippen LogP contribution in [0, 0.1) is 20.8 Å². The third kappa shape index (κ3) is 3.37. The Morgan fingerprint density at radius 1 is 1.22 bits per heavy atom. The van der Waals surface area contributed by atoms with Crippen molar-refractivity contribution in [1.29, 1.82) is 0 Å². The summed E-state index contributed by atoms with van der Waals surface area (Å²) in [5.41, 5.74) is 3.39. The van der Waals surface area contributed by atoms with Crippen molar-refractivity contribution in [2.24, 2.45) is 0 Å². The molecule has 0 aliphatic carbocycles. The second-order valence-electron chi connectivity index (χ2n) is 7.77. The van der Waals surface area contributed by atoms with Crippen molar-refractivity contribution in [3.63, 3.8) is 0 Å². The second kappa shape index (κ2) is 5.82. The number of rotatable bonds is 2. The van der Waals surface area contributed by atoms with E-state index >= 15 is 0 Å². The van der Waals surface area contributed by atoms with Gasteiger partial charge in [-0.25, -0.2) is 4.79 Å². The first kappa shape index (κ1) is 17.8. The molecule has 1 N–H and O–H groups in total. The van der Waals surface area contributed by atoms with Crippen molar-refractivity contribution >= 4 is 5.97 Å². The van der Waals surface area contributed by atoms with Crippen molar-refractivity contribution in [3.05, 3.63) is 27.8 Å². The van der Waals surface area contributed by atoms with Gasteiger partial charge in [0.25, 0.3) is 0 Å². The zero-order valence-electron chi connectivity index (χ0n) is 15.3. The van der Waals surface area contributed by atoms with E-state index in [0.717, 1.165) is 40.8 Å². The topological polar surface area (TPSA) is 55.8 Å². The van der Waals surface area contributed by atoms with Gasteiger partial charge in [-0.05, 0) is 83.6 Å². The van der Waals surface area contributed by atoms with Gasteiger partial charge in [-0.2, -0.15) is 0 Å². The molecular weight excluding hydrogens is 292 g/mol. The number of aliphatic hydroxyl groups is 1. The monoisotopic (exact) mass is 320 g/mol. The van der Waals surface area contributed by atoms with Crippen LogP contribution in [0.25, 0.3) is 0 Å². The van der Waals surface area contributed by atoms with Gasteiger partial charge in [0.15, 0.2) is 0 Å². The van der Waals surface area contributed by atoms with Crippen molar-refractivity contribution in [2.75, 3.05) is 6.61 Å². The Morgan fingerprint density at radius 3 is 2.35 bits per heavy atom. The number of ether oxygens (including phenoxy) is 2. The highest BCUT2D eigenvalue weighted by atomic mass is 16.6. The van der Waals surface area contributed by atoms with E-state index in [1.807, 2.05) is 48.5 Å². The fourth-order valence-electron chi connectivity index (χ4n) is 3.06. The maximum absolute atomic E-state index is 12.6. The molecule has 0 amide bonds. The second-order valence-corrected chi connectivity index (χ2v) is 7.77. The van der Waals surface area contributed by atoms with E-state index in [-0.39, 0.29) is 12.6 Å². The quantitative estimate of drug-likeness (QED) is 0.845. The van der Waals surface area contributed by atoms with Crippen LogP contribution in [-0.4, -0.2) is 28.9 Å². The van der Waals surface area contributed by atoms with Crippen LogP contribution in [0.4, 0.5) is 0 Å². The summed E-state index contributed by atoms with van der Waals surface area (Å²) < 4.78 is 11.7. The van der Waals surface area contributed by atoms with Crippen molar-refractivity contribution < 1.29 is 19.4 Å². The van der Waals surface area contributed by atoms with Gasteiger partial charge in [-0.15, -0.1) is 0 Å².